The van der Waals surface area contributed by atoms with Crippen molar-refractivity contribution in [2.75, 3.05) is 33.9 Å². The third-order valence-electron chi connectivity index (χ3n) is 9.14. The van der Waals surface area contributed by atoms with E-state index >= 15 is 0 Å². The number of rotatable bonds is 11. The van der Waals surface area contributed by atoms with Crippen molar-refractivity contribution in [1.29, 1.82) is 0 Å². The number of β-amino-alcohol motifs (C(OH)–C–C–N with tert-alkyl or cyclic N) is 1. The van der Waals surface area contributed by atoms with E-state index in [1.807, 2.05) is 30.3 Å². The molecule has 2 amide bonds. The molecule has 11 nitrogen and oxygen atoms in total. The molecule has 3 N–H and O–H groups in total. The molecular formula is C37H39Cl2N5O6. The molecule has 1 saturated heterocycles. The molecule has 0 saturated carbocycles. The number of methoxy groups -OCH3 is 2. The van der Waals surface area contributed by atoms with Gasteiger partial charge in [-0.25, -0.2) is 9.78 Å². The molecule has 2 aliphatic rings. The number of nitrogens with one attached hydrogen (secondary N) is 1. The quantitative estimate of drug-likeness (QED) is 0.163. The summed E-state index contributed by atoms with van der Waals surface area (Å²) in [5.74, 6) is 0.939. The lowest BCUT2D eigenvalue weighted by molar-refractivity contribution is -0.119. The molecule has 0 aliphatic carbocycles. The van der Waals surface area contributed by atoms with Crippen molar-refractivity contribution in [2.45, 2.75) is 51.4 Å². The number of aliphatic hydroxyl groups is 1. The van der Waals surface area contributed by atoms with Crippen LogP contribution in [0.25, 0.3) is 33.6 Å². The number of carbonyl (C=O) groups excluding carboxylic acids is 1. The second kappa shape index (κ2) is 15.2. The number of aliphatic hydroxyl groups excluding tert-OH is 1. The number of aromatic nitrogens is 2. The molecule has 262 valence electrons. The molecule has 0 radical (unpaired) electrons. The highest BCUT2D eigenvalue weighted by Crippen LogP contribution is 2.43. The Bertz CT molecular complexity index is 1900. The monoisotopic (exact) mass is 719 g/mol. The normalized spacial score (nSPS) is 16.4. The van der Waals surface area contributed by atoms with Gasteiger partial charge in [-0.3, -0.25) is 14.7 Å². The number of amides is 2. The van der Waals surface area contributed by atoms with E-state index in [1.165, 1.54) is 12.0 Å². The van der Waals surface area contributed by atoms with Crippen molar-refractivity contribution < 1.29 is 29.3 Å². The van der Waals surface area contributed by atoms with Crippen LogP contribution >= 0.6 is 23.2 Å². The highest BCUT2D eigenvalue weighted by Gasteiger charge is 2.27. The Morgan fingerprint density at radius 2 is 1.86 bits per heavy atom. The Labute approximate surface area is 300 Å². The fourth-order valence-electron chi connectivity index (χ4n) is 6.74. The Kier molecular flexibility index (Phi) is 10.8. The van der Waals surface area contributed by atoms with E-state index < -0.39 is 12.2 Å². The summed E-state index contributed by atoms with van der Waals surface area (Å²) < 4.78 is 11.4. The number of hydrogen-bond acceptors (Lipinski definition) is 8. The zero-order chi connectivity index (χ0) is 35.5. The van der Waals surface area contributed by atoms with Crippen molar-refractivity contribution in [3.05, 3.63) is 81.5 Å². The van der Waals surface area contributed by atoms with E-state index in [0.29, 0.717) is 69.6 Å². The number of carboxylic acid groups (broad SMARTS) is 1. The van der Waals surface area contributed by atoms with Gasteiger partial charge in [-0.15, -0.1) is 0 Å². The number of pyridine rings is 2. The van der Waals surface area contributed by atoms with Gasteiger partial charge in [0.1, 0.15) is 5.75 Å². The van der Waals surface area contributed by atoms with Crippen LogP contribution in [0, 0.1) is 0 Å². The average Bonchev–Trinajstić information content (AvgIpc) is 3.52. The number of hydrogen-bond donors (Lipinski definition) is 3. The Morgan fingerprint density at radius 1 is 1.08 bits per heavy atom. The maximum atomic E-state index is 12.1. The van der Waals surface area contributed by atoms with Gasteiger partial charge in [-0.1, -0.05) is 41.4 Å². The van der Waals surface area contributed by atoms with Crippen LogP contribution in [-0.2, 0) is 24.3 Å². The number of fused-ring (bicyclic) bond motifs is 1. The minimum Gasteiger partial charge on any atom is -0.496 e. The Balaban J connectivity index is 1.29. The number of ether oxygens (including phenoxy) is 2. The molecule has 4 aromatic rings. The van der Waals surface area contributed by atoms with Gasteiger partial charge in [-0.2, -0.15) is 0 Å². The van der Waals surface area contributed by atoms with E-state index in [0.717, 1.165) is 35.4 Å². The summed E-state index contributed by atoms with van der Waals surface area (Å²) in [5.41, 5.74) is 6.83. The van der Waals surface area contributed by atoms with Crippen molar-refractivity contribution in [1.82, 2.24) is 25.1 Å². The van der Waals surface area contributed by atoms with E-state index in [4.69, 9.17) is 37.7 Å². The molecule has 2 atom stereocenters. The molecule has 0 bridgehead atoms. The SMILES string of the molecule is COc1cc(-c2nccc(-c3cccc(-c4ccc(CN(CC5CCC(=O)N5)C(=O)O)c(OC)n4)c3Cl)c2Cl)cc2c1CN(CC(C)O)CC2. The second-order valence-corrected chi connectivity index (χ2v) is 13.4. The molecule has 1 fully saturated rings. The van der Waals surface area contributed by atoms with Crippen LogP contribution in [0.1, 0.15) is 36.5 Å². The van der Waals surface area contributed by atoms with E-state index in [2.05, 4.69) is 21.3 Å². The predicted molar refractivity (Wildman–Crippen MR) is 192 cm³/mol. The molecule has 2 aromatic carbocycles. The third kappa shape index (κ3) is 7.51. The maximum Gasteiger partial charge on any atom is 0.407 e. The smallest absolute Gasteiger partial charge is 0.407 e. The van der Waals surface area contributed by atoms with Crippen LogP contribution in [0.15, 0.2) is 54.7 Å². The molecule has 4 heterocycles. The third-order valence-corrected chi connectivity index (χ3v) is 9.93. The van der Waals surface area contributed by atoms with E-state index in [-0.39, 0.29) is 30.9 Å². The van der Waals surface area contributed by atoms with Gasteiger partial charge >= 0.3 is 6.09 Å². The summed E-state index contributed by atoms with van der Waals surface area (Å²) in [6, 6.07) is 14.8. The highest BCUT2D eigenvalue weighted by atomic mass is 35.5. The Morgan fingerprint density at radius 3 is 2.56 bits per heavy atom. The van der Waals surface area contributed by atoms with Gasteiger partial charge in [0.25, 0.3) is 0 Å². The van der Waals surface area contributed by atoms with Gasteiger partial charge in [0, 0.05) is 78.2 Å². The minimum atomic E-state index is -1.10. The molecule has 2 aliphatic heterocycles. The molecular weight excluding hydrogens is 681 g/mol. The summed E-state index contributed by atoms with van der Waals surface area (Å²) in [5, 5.41) is 23.5. The molecule has 2 unspecified atom stereocenters. The summed E-state index contributed by atoms with van der Waals surface area (Å²) in [6.45, 7) is 4.10. The fraction of sp³-hybridized carbons (Fsp3) is 0.351. The fourth-order valence-corrected chi connectivity index (χ4v) is 7.39. The van der Waals surface area contributed by atoms with Crippen molar-refractivity contribution in [2.24, 2.45) is 0 Å². The number of carbonyl (C=O) groups is 2. The van der Waals surface area contributed by atoms with Crippen LogP contribution in [-0.4, -0.2) is 88.0 Å². The number of nitrogens with zero attached hydrogens (tertiary/aromatic N) is 4. The largest absolute Gasteiger partial charge is 0.496 e. The van der Waals surface area contributed by atoms with Crippen molar-refractivity contribution in [3.63, 3.8) is 0 Å². The number of benzene rings is 2. The lowest BCUT2D eigenvalue weighted by Crippen LogP contribution is -2.41. The topological polar surface area (TPSA) is 137 Å². The van der Waals surface area contributed by atoms with Crippen LogP contribution < -0.4 is 14.8 Å². The first-order valence-corrected chi connectivity index (χ1v) is 17.2. The molecule has 50 heavy (non-hydrogen) atoms. The standard InChI is InChI=1S/C37H39Cl2N5O6/c1-21(45)17-43-14-12-22-15-24(16-31(49-2)29(22)20-43)35-34(39)27(11-13-40-35)26-5-4-6-28(33(26)38)30-9-7-23(36(42-30)50-3)18-44(37(47)48)19-25-8-10-32(46)41-25/h4-7,9,11,13,15-16,21,25,45H,8,10,12,14,17-20H2,1-3H3,(H,41,46)(H,47,48). The molecule has 13 heteroatoms. The summed E-state index contributed by atoms with van der Waals surface area (Å²) in [7, 11) is 3.13. The zero-order valence-electron chi connectivity index (χ0n) is 28.1. The van der Waals surface area contributed by atoms with Crippen LogP contribution in [0.4, 0.5) is 4.79 Å². The van der Waals surface area contributed by atoms with Gasteiger partial charge in [0.2, 0.25) is 11.8 Å². The van der Waals surface area contributed by atoms with E-state index in [9.17, 15) is 19.8 Å². The second-order valence-electron chi connectivity index (χ2n) is 12.7. The minimum absolute atomic E-state index is 0.0366. The Hall–Kier alpha value is -4.42. The van der Waals surface area contributed by atoms with Gasteiger partial charge in [0.15, 0.2) is 0 Å². The zero-order valence-corrected chi connectivity index (χ0v) is 29.6. The van der Waals surface area contributed by atoms with Gasteiger partial charge in [0.05, 0.1) is 48.3 Å². The molecule has 6 rings (SSSR count). The molecule has 2 aromatic heterocycles. The highest BCUT2D eigenvalue weighted by molar-refractivity contribution is 6.39. The van der Waals surface area contributed by atoms with Crippen LogP contribution in [0.2, 0.25) is 10.0 Å². The summed E-state index contributed by atoms with van der Waals surface area (Å²) in [4.78, 5) is 36.5. The first-order chi connectivity index (χ1) is 24.1. The lowest BCUT2D eigenvalue weighted by atomic mass is 9.93. The number of halogens is 2. The lowest BCUT2D eigenvalue weighted by Gasteiger charge is -2.31. The first kappa shape index (κ1) is 35.4. The van der Waals surface area contributed by atoms with Crippen LogP contribution in [0.3, 0.4) is 0 Å². The first-order valence-electron chi connectivity index (χ1n) is 16.4. The van der Waals surface area contributed by atoms with Gasteiger partial charge < -0.3 is 29.9 Å². The van der Waals surface area contributed by atoms with Crippen molar-refractivity contribution in [3.8, 4) is 45.3 Å². The predicted octanol–water partition coefficient (Wildman–Crippen LogP) is 6.30. The summed E-state index contributed by atoms with van der Waals surface area (Å²) in [6.07, 6.45) is 1.97. The average molecular weight is 721 g/mol. The molecule has 0 spiro atoms. The maximum absolute atomic E-state index is 12.1. The van der Waals surface area contributed by atoms with E-state index in [1.54, 1.807) is 32.4 Å². The summed E-state index contributed by atoms with van der Waals surface area (Å²) >= 11 is 14.2. The van der Waals surface area contributed by atoms with Crippen molar-refractivity contribution >= 4 is 35.2 Å². The van der Waals surface area contributed by atoms with Gasteiger partial charge in [-0.05, 0) is 55.7 Å². The van der Waals surface area contributed by atoms with Crippen LogP contribution in [0.5, 0.6) is 11.6 Å².